The summed E-state index contributed by atoms with van der Waals surface area (Å²) >= 11 is 0. The minimum Gasteiger partial charge on any atom is -0.322 e. The molecule has 5 heteroatoms. The fourth-order valence-corrected chi connectivity index (χ4v) is 3.48. The molecule has 0 spiro atoms. The minimum atomic E-state index is -0.145. The lowest BCUT2D eigenvalue weighted by Gasteiger charge is -2.31. The Balaban J connectivity index is 1.46. The van der Waals surface area contributed by atoms with Gasteiger partial charge in [-0.25, -0.2) is 0 Å². The van der Waals surface area contributed by atoms with Gasteiger partial charge in [-0.15, -0.1) is 0 Å². The van der Waals surface area contributed by atoms with Crippen LogP contribution in [-0.4, -0.2) is 62.5 Å². The van der Waals surface area contributed by atoms with Crippen molar-refractivity contribution in [3.8, 4) is 0 Å². The van der Waals surface area contributed by atoms with Crippen LogP contribution in [0.4, 0.5) is 0 Å². The van der Waals surface area contributed by atoms with E-state index in [0.717, 1.165) is 32.7 Å². The fraction of sp³-hybridized carbons (Fsp3) is 0.444. The van der Waals surface area contributed by atoms with Gasteiger partial charge in [0.15, 0.2) is 6.04 Å². The standard InChI is InChI=1S/C18H23N3O2/c1-19-17(22)14-16(18(19)23)21-12-10-20(11-13-21)9-5-8-15-6-3-2-4-7-15/h2-8,16H,9-14H2,1H3/p+2/b8-5-/t16-/m1/s1. The summed E-state index contributed by atoms with van der Waals surface area (Å²) in [7, 11) is 1.60. The summed E-state index contributed by atoms with van der Waals surface area (Å²) in [5, 5.41) is 0. The zero-order valence-electron chi connectivity index (χ0n) is 13.6. The molecular weight excluding hydrogens is 290 g/mol. The van der Waals surface area contributed by atoms with E-state index in [-0.39, 0.29) is 17.9 Å². The number of hydrogen-bond donors (Lipinski definition) is 2. The second kappa shape index (κ2) is 7.06. The van der Waals surface area contributed by atoms with Gasteiger partial charge < -0.3 is 9.80 Å². The van der Waals surface area contributed by atoms with Crippen molar-refractivity contribution >= 4 is 17.9 Å². The Labute approximate surface area is 137 Å². The highest BCUT2D eigenvalue weighted by Gasteiger charge is 2.44. The van der Waals surface area contributed by atoms with Gasteiger partial charge in [0.25, 0.3) is 5.91 Å². The highest BCUT2D eigenvalue weighted by molar-refractivity contribution is 6.04. The molecule has 122 valence electrons. The summed E-state index contributed by atoms with van der Waals surface area (Å²) in [6, 6.07) is 10.2. The predicted octanol–water partition coefficient (Wildman–Crippen LogP) is -1.76. The number of quaternary nitrogens is 2. The first-order chi connectivity index (χ1) is 11.1. The monoisotopic (exact) mass is 315 g/mol. The van der Waals surface area contributed by atoms with Crippen LogP contribution in [0.15, 0.2) is 36.4 Å². The summed E-state index contributed by atoms with van der Waals surface area (Å²) in [5.41, 5.74) is 1.23. The average Bonchev–Trinajstić information content (AvgIpc) is 2.84. The number of nitrogens with zero attached hydrogens (tertiary/aromatic N) is 1. The molecule has 0 unspecified atom stereocenters. The molecule has 2 heterocycles. The Morgan fingerprint density at radius 1 is 1.13 bits per heavy atom. The van der Waals surface area contributed by atoms with E-state index in [1.807, 2.05) is 18.2 Å². The first-order valence-corrected chi connectivity index (χ1v) is 8.35. The quantitative estimate of drug-likeness (QED) is 0.647. The van der Waals surface area contributed by atoms with Crippen LogP contribution < -0.4 is 9.80 Å². The number of imide groups is 1. The summed E-state index contributed by atoms with van der Waals surface area (Å²) in [4.78, 5) is 27.9. The highest BCUT2D eigenvalue weighted by Crippen LogP contribution is 2.07. The summed E-state index contributed by atoms with van der Waals surface area (Å²) in [5.74, 6) is -0.0366. The van der Waals surface area contributed by atoms with E-state index >= 15 is 0 Å². The lowest BCUT2D eigenvalue weighted by molar-refractivity contribution is -1.02. The summed E-state index contributed by atoms with van der Waals surface area (Å²) in [6.45, 7) is 5.05. The molecule has 3 rings (SSSR count). The number of rotatable bonds is 4. The van der Waals surface area contributed by atoms with E-state index in [4.69, 9.17) is 0 Å². The molecule has 1 atom stereocenters. The van der Waals surface area contributed by atoms with Crippen molar-refractivity contribution in [2.45, 2.75) is 12.5 Å². The second-order valence-electron chi connectivity index (χ2n) is 6.47. The third kappa shape index (κ3) is 3.68. The van der Waals surface area contributed by atoms with E-state index < -0.39 is 0 Å². The minimum absolute atomic E-state index is 0.00239. The van der Waals surface area contributed by atoms with E-state index in [0.29, 0.717) is 6.42 Å². The van der Waals surface area contributed by atoms with Gasteiger partial charge in [0.05, 0.1) is 13.0 Å². The molecule has 0 bridgehead atoms. The molecule has 5 nitrogen and oxygen atoms in total. The van der Waals surface area contributed by atoms with E-state index in [1.54, 1.807) is 11.9 Å². The first kappa shape index (κ1) is 15.9. The Hall–Kier alpha value is -1.98. The summed E-state index contributed by atoms with van der Waals surface area (Å²) in [6.07, 6.45) is 4.78. The number of benzene rings is 1. The molecule has 23 heavy (non-hydrogen) atoms. The fourth-order valence-electron chi connectivity index (χ4n) is 3.48. The number of carbonyl (C=O) groups excluding carboxylic acids is 2. The van der Waals surface area contributed by atoms with Crippen molar-refractivity contribution in [1.82, 2.24) is 4.90 Å². The zero-order valence-corrected chi connectivity index (χ0v) is 13.6. The second-order valence-corrected chi connectivity index (χ2v) is 6.47. The van der Waals surface area contributed by atoms with Gasteiger partial charge in [0.1, 0.15) is 26.2 Å². The number of hydrogen-bond acceptors (Lipinski definition) is 2. The van der Waals surface area contributed by atoms with Gasteiger partial charge in [-0.05, 0) is 11.6 Å². The van der Waals surface area contributed by atoms with E-state index in [1.165, 1.54) is 15.4 Å². The van der Waals surface area contributed by atoms with Crippen molar-refractivity contribution in [2.75, 3.05) is 39.8 Å². The number of nitrogens with one attached hydrogen (secondary N) is 2. The average molecular weight is 315 g/mol. The number of piperazine rings is 1. The van der Waals surface area contributed by atoms with Crippen molar-refractivity contribution in [3.63, 3.8) is 0 Å². The maximum Gasteiger partial charge on any atom is 0.287 e. The van der Waals surface area contributed by atoms with Gasteiger partial charge in [-0.1, -0.05) is 36.4 Å². The van der Waals surface area contributed by atoms with Crippen LogP contribution in [-0.2, 0) is 9.59 Å². The lowest BCUT2D eigenvalue weighted by atomic mass is 10.1. The number of likely N-dealkylation sites (tertiary alicyclic amines) is 1. The molecule has 2 saturated heterocycles. The SMILES string of the molecule is CN1C(=O)C[C@@H]([NH+]2CC[NH+](C/C=C\c3ccccc3)CC2)C1=O. The first-order valence-electron chi connectivity index (χ1n) is 8.35. The van der Waals surface area contributed by atoms with E-state index in [9.17, 15) is 9.59 Å². The van der Waals surface area contributed by atoms with Crippen LogP contribution >= 0.6 is 0 Å². The zero-order chi connectivity index (χ0) is 16.2. The van der Waals surface area contributed by atoms with Crippen molar-refractivity contribution in [3.05, 3.63) is 42.0 Å². The molecule has 1 aromatic carbocycles. The number of carbonyl (C=O) groups is 2. The lowest BCUT2D eigenvalue weighted by Crippen LogP contribution is -3.30. The molecule has 2 aliphatic rings. The van der Waals surface area contributed by atoms with Crippen LogP contribution in [0.5, 0.6) is 0 Å². The molecule has 2 N–H and O–H groups in total. The largest absolute Gasteiger partial charge is 0.322 e. The summed E-state index contributed by atoms with van der Waals surface area (Å²) < 4.78 is 0. The smallest absolute Gasteiger partial charge is 0.287 e. The van der Waals surface area contributed by atoms with Crippen molar-refractivity contribution in [1.29, 1.82) is 0 Å². The van der Waals surface area contributed by atoms with Crippen LogP contribution in [0, 0.1) is 0 Å². The van der Waals surface area contributed by atoms with Gasteiger partial charge >= 0.3 is 0 Å². The molecule has 0 radical (unpaired) electrons. The molecule has 0 saturated carbocycles. The molecule has 1 aromatic rings. The van der Waals surface area contributed by atoms with Gasteiger partial charge in [-0.2, -0.15) is 0 Å². The normalized spacial score (nSPS) is 28.7. The molecular formula is C18H25N3O2+2. The van der Waals surface area contributed by atoms with Gasteiger partial charge in [0.2, 0.25) is 5.91 Å². The van der Waals surface area contributed by atoms with Crippen LogP contribution in [0.1, 0.15) is 12.0 Å². The van der Waals surface area contributed by atoms with Gasteiger partial charge in [-0.3, -0.25) is 14.5 Å². The molecule has 0 aromatic heterocycles. The molecule has 2 fully saturated rings. The Bertz CT molecular complexity index is 592. The molecule has 2 aliphatic heterocycles. The van der Waals surface area contributed by atoms with Crippen LogP contribution in [0.3, 0.4) is 0 Å². The molecule has 2 amide bonds. The Morgan fingerprint density at radius 3 is 2.43 bits per heavy atom. The van der Waals surface area contributed by atoms with Crippen molar-refractivity contribution < 1.29 is 19.4 Å². The maximum absolute atomic E-state index is 12.1. The van der Waals surface area contributed by atoms with E-state index in [2.05, 4.69) is 24.3 Å². The Kier molecular flexibility index (Phi) is 4.88. The van der Waals surface area contributed by atoms with Gasteiger partial charge in [0, 0.05) is 7.05 Å². The maximum atomic E-state index is 12.1. The van der Waals surface area contributed by atoms with Crippen molar-refractivity contribution in [2.24, 2.45) is 0 Å². The number of amides is 2. The predicted molar refractivity (Wildman–Crippen MR) is 87.9 cm³/mol. The van der Waals surface area contributed by atoms with Crippen LogP contribution in [0.2, 0.25) is 0 Å². The Morgan fingerprint density at radius 2 is 1.83 bits per heavy atom. The molecule has 0 aliphatic carbocycles. The third-order valence-electron chi connectivity index (χ3n) is 4.99. The topological polar surface area (TPSA) is 46.3 Å². The highest BCUT2D eigenvalue weighted by atomic mass is 16.2. The number of likely N-dealkylation sites (N-methyl/N-ethyl adjacent to an activating group) is 1. The van der Waals surface area contributed by atoms with Crippen LogP contribution in [0.25, 0.3) is 6.08 Å². The third-order valence-corrected chi connectivity index (χ3v) is 4.99.